The molecule has 2 N–H and O–H groups in total. The van der Waals surface area contributed by atoms with E-state index in [1.807, 2.05) is 12.1 Å². The Balaban J connectivity index is 1.50. The third-order valence-corrected chi connectivity index (χ3v) is 4.35. The number of ether oxygens (including phenoxy) is 2. The number of hydrogen-bond acceptors (Lipinski definition) is 3. The van der Waals surface area contributed by atoms with Crippen LogP contribution < -0.4 is 10.1 Å². The second-order valence-electron chi connectivity index (χ2n) is 6.23. The first-order valence-corrected chi connectivity index (χ1v) is 8.75. The second-order valence-corrected chi connectivity index (χ2v) is 6.23. The third-order valence-electron chi connectivity index (χ3n) is 4.35. The summed E-state index contributed by atoms with van der Waals surface area (Å²) in [6, 6.07) is 14.6. The number of rotatable bonds is 9. The lowest BCUT2D eigenvalue weighted by atomic mass is 10.1. The summed E-state index contributed by atoms with van der Waals surface area (Å²) in [6.07, 6.45) is 3.14. The minimum Gasteiger partial charge on any atom is -0.491 e. The molecule has 25 heavy (non-hydrogen) atoms. The molecule has 0 unspecified atom stereocenters. The molecule has 0 aliphatic heterocycles. The van der Waals surface area contributed by atoms with Crippen LogP contribution in [0.3, 0.4) is 0 Å². The van der Waals surface area contributed by atoms with E-state index in [1.54, 1.807) is 7.11 Å². The molecule has 4 nitrogen and oxygen atoms in total. The molecule has 0 bridgehead atoms. The number of nitrogens with one attached hydrogen (secondary N) is 2. The Bertz CT molecular complexity index is 811. The van der Waals surface area contributed by atoms with Crippen LogP contribution in [0, 0.1) is 6.92 Å². The Hall–Kier alpha value is -2.30. The maximum Gasteiger partial charge on any atom is 0.119 e. The number of fused-ring (bicyclic) bond motifs is 1. The summed E-state index contributed by atoms with van der Waals surface area (Å²) in [5.41, 5.74) is 5.15. The zero-order valence-electron chi connectivity index (χ0n) is 15.0. The highest BCUT2D eigenvalue weighted by atomic mass is 16.5. The van der Waals surface area contributed by atoms with Crippen LogP contribution in [0.5, 0.6) is 5.75 Å². The number of benzene rings is 2. The molecule has 0 atom stereocenters. The van der Waals surface area contributed by atoms with Gasteiger partial charge in [-0.25, -0.2) is 0 Å². The third kappa shape index (κ3) is 4.62. The summed E-state index contributed by atoms with van der Waals surface area (Å²) in [6.45, 7) is 5.13. The van der Waals surface area contributed by atoms with Gasteiger partial charge in [0.15, 0.2) is 0 Å². The van der Waals surface area contributed by atoms with E-state index >= 15 is 0 Å². The lowest BCUT2D eigenvalue weighted by molar-refractivity contribution is 0.146. The van der Waals surface area contributed by atoms with Gasteiger partial charge in [0.2, 0.25) is 0 Å². The topological polar surface area (TPSA) is 46.3 Å². The van der Waals surface area contributed by atoms with Crippen molar-refractivity contribution in [2.75, 3.05) is 26.9 Å². The van der Waals surface area contributed by atoms with Gasteiger partial charge in [0.05, 0.1) is 6.61 Å². The van der Waals surface area contributed by atoms with E-state index < -0.39 is 0 Å². The summed E-state index contributed by atoms with van der Waals surface area (Å²) in [5, 5.41) is 4.88. The molecule has 0 aliphatic rings. The van der Waals surface area contributed by atoms with E-state index in [0.29, 0.717) is 13.2 Å². The Labute approximate surface area is 149 Å². The SMILES string of the molecule is COCCOc1cccc(CNCCc2c[nH]c3cccc(C)c23)c1. The van der Waals surface area contributed by atoms with Crippen molar-refractivity contribution < 1.29 is 9.47 Å². The van der Waals surface area contributed by atoms with Crippen LogP contribution >= 0.6 is 0 Å². The van der Waals surface area contributed by atoms with Gasteiger partial charge in [-0.15, -0.1) is 0 Å². The molecule has 0 radical (unpaired) electrons. The Kier molecular flexibility index (Phi) is 6.09. The van der Waals surface area contributed by atoms with Gasteiger partial charge >= 0.3 is 0 Å². The summed E-state index contributed by atoms with van der Waals surface area (Å²) in [5.74, 6) is 0.892. The molecule has 0 spiro atoms. The monoisotopic (exact) mass is 338 g/mol. The zero-order chi connectivity index (χ0) is 17.5. The Morgan fingerprint density at radius 2 is 1.96 bits per heavy atom. The fraction of sp³-hybridized carbons (Fsp3) is 0.333. The molecule has 1 heterocycles. The largest absolute Gasteiger partial charge is 0.491 e. The molecule has 1 aromatic heterocycles. The first-order valence-electron chi connectivity index (χ1n) is 8.75. The quantitative estimate of drug-likeness (QED) is 0.583. The summed E-state index contributed by atoms with van der Waals surface area (Å²) in [4.78, 5) is 3.36. The summed E-state index contributed by atoms with van der Waals surface area (Å²) in [7, 11) is 1.68. The molecule has 0 saturated heterocycles. The highest BCUT2D eigenvalue weighted by molar-refractivity contribution is 5.86. The Morgan fingerprint density at radius 3 is 2.84 bits per heavy atom. The van der Waals surface area contributed by atoms with Crippen molar-refractivity contribution in [3.63, 3.8) is 0 Å². The standard InChI is InChI=1S/C21H26N2O2/c1-16-5-3-8-20-21(16)18(15-23-20)9-10-22-14-17-6-4-7-19(13-17)25-12-11-24-2/h3-8,13,15,22-23H,9-12,14H2,1-2H3. The van der Waals surface area contributed by atoms with Crippen LogP contribution in [0.4, 0.5) is 0 Å². The lowest BCUT2D eigenvalue weighted by Crippen LogP contribution is -2.16. The van der Waals surface area contributed by atoms with Gasteiger partial charge in [-0.05, 0) is 54.8 Å². The number of methoxy groups -OCH3 is 1. The van der Waals surface area contributed by atoms with Gasteiger partial charge in [-0.1, -0.05) is 24.3 Å². The molecule has 132 valence electrons. The number of aromatic amines is 1. The van der Waals surface area contributed by atoms with Crippen molar-refractivity contribution in [2.24, 2.45) is 0 Å². The van der Waals surface area contributed by atoms with Crippen LogP contribution in [-0.4, -0.2) is 31.9 Å². The molecule has 0 amide bonds. The molecule has 0 fully saturated rings. The van der Waals surface area contributed by atoms with E-state index in [9.17, 15) is 0 Å². The van der Waals surface area contributed by atoms with E-state index in [1.165, 1.54) is 27.6 Å². The Morgan fingerprint density at radius 1 is 1.08 bits per heavy atom. The van der Waals surface area contributed by atoms with Gasteiger partial charge in [-0.3, -0.25) is 0 Å². The van der Waals surface area contributed by atoms with Crippen molar-refractivity contribution in [1.29, 1.82) is 0 Å². The highest BCUT2D eigenvalue weighted by Crippen LogP contribution is 2.22. The van der Waals surface area contributed by atoms with Crippen LogP contribution in [0.2, 0.25) is 0 Å². The first kappa shape index (κ1) is 17.5. The van der Waals surface area contributed by atoms with Crippen molar-refractivity contribution in [1.82, 2.24) is 10.3 Å². The summed E-state index contributed by atoms with van der Waals surface area (Å²) < 4.78 is 10.7. The van der Waals surface area contributed by atoms with E-state index in [4.69, 9.17) is 9.47 Å². The predicted molar refractivity (Wildman–Crippen MR) is 102 cm³/mol. The molecule has 4 heteroatoms. The smallest absolute Gasteiger partial charge is 0.119 e. The normalized spacial score (nSPS) is 11.1. The number of aryl methyl sites for hydroxylation is 1. The number of H-pyrrole nitrogens is 1. The van der Waals surface area contributed by atoms with Crippen molar-refractivity contribution in [3.8, 4) is 5.75 Å². The van der Waals surface area contributed by atoms with Gasteiger partial charge < -0.3 is 19.8 Å². The minimum atomic E-state index is 0.577. The maximum absolute atomic E-state index is 5.66. The lowest BCUT2D eigenvalue weighted by Gasteiger charge is -2.09. The zero-order valence-corrected chi connectivity index (χ0v) is 15.0. The van der Waals surface area contributed by atoms with E-state index in [0.717, 1.165) is 25.3 Å². The van der Waals surface area contributed by atoms with E-state index in [-0.39, 0.29) is 0 Å². The molecule has 3 rings (SSSR count). The van der Waals surface area contributed by atoms with Crippen LogP contribution in [-0.2, 0) is 17.7 Å². The van der Waals surface area contributed by atoms with Crippen LogP contribution in [0.25, 0.3) is 10.9 Å². The fourth-order valence-electron chi connectivity index (χ4n) is 3.09. The average molecular weight is 338 g/mol. The van der Waals surface area contributed by atoms with Gasteiger partial charge in [0.1, 0.15) is 12.4 Å². The van der Waals surface area contributed by atoms with Crippen molar-refractivity contribution >= 4 is 10.9 Å². The van der Waals surface area contributed by atoms with Crippen LogP contribution in [0.1, 0.15) is 16.7 Å². The molecule has 3 aromatic rings. The first-order chi connectivity index (χ1) is 12.3. The minimum absolute atomic E-state index is 0.577. The summed E-state index contributed by atoms with van der Waals surface area (Å²) >= 11 is 0. The van der Waals surface area contributed by atoms with Crippen LogP contribution in [0.15, 0.2) is 48.7 Å². The molecule has 2 aromatic carbocycles. The predicted octanol–water partition coefficient (Wildman–Crippen LogP) is 3.83. The van der Waals surface area contributed by atoms with E-state index in [2.05, 4.69) is 53.8 Å². The second kappa shape index (κ2) is 8.70. The number of aromatic nitrogens is 1. The maximum atomic E-state index is 5.66. The number of hydrogen-bond donors (Lipinski definition) is 2. The molecule has 0 aliphatic carbocycles. The van der Waals surface area contributed by atoms with Gasteiger partial charge in [0, 0.05) is 30.8 Å². The average Bonchev–Trinajstić information content (AvgIpc) is 3.04. The van der Waals surface area contributed by atoms with Crippen molar-refractivity contribution in [3.05, 3.63) is 65.4 Å². The molecular weight excluding hydrogens is 312 g/mol. The van der Waals surface area contributed by atoms with Crippen molar-refractivity contribution in [2.45, 2.75) is 19.9 Å². The molecule has 0 saturated carbocycles. The highest BCUT2D eigenvalue weighted by Gasteiger charge is 2.05. The van der Waals surface area contributed by atoms with Gasteiger partial charge in [0.25, 0.3) is 0 Å². The molecular formula is C21H26N2O2. The van der Waals surface area contributed by atoms with Gasteiger partial charge in [-0.2, -0.15) is 0 Å². The fourth-order valence-corrected chi connectivity index (χ4v) is 3.09.